The molecule has 1 fully saturated rings. The summed E-state index contributed by atoms with van der Waals surface area (Å²) in [6.07, 6.45) is 1.87. The topological polar surface area (TPSA) is 51.1 Å². The van der Waals surface area contributed by atoms with Gasteiger partial charge in [0.05, 0.1) is 18.1 Å². The molecule has 0 saturated carbocycles. The summed E-state index contributed by atoms with van der Waals surface area (Å²) in [6, 6.07) is 5.86. The van der Waals surface area contributed by atoms with Crippen LogP contribution in [0.4, 0.5) is 0 Å². The van der Waals surface area contributed by atoms with Gasteiger partial charge in [-0.25, -0.2) is 0 Å². The van der Waals surface area contributed by atoms with Gasteiger partial charge < -0.3 is 9.47 Å². The van der Waals surface area contributed by atoms with Gasteiger partial charge in [-0.3, -0.25) is 14.7 Å². The van der Waals surface area contributed by atoms with Crippen molar-refractivity contribution in [3.05, 3.63) is 28.7 Å². The lowest BCUT2D eigenvalue weighted by atomic mass is 10.1. The number of rotatable bonds is 6. The van der Waals surface area contributed by atoms with Gasteiger partial charge in [0.15, 0.2) is 16.7 Å². The molecular formula is C20H28N2O3S. The van der Waals surface area contributed by atoms with Gasteiger partial charge in [0.2, 0.25) is 0 Å². The molecule has 0 radical (unpaired) electrons. The van der Waals surface area contributed by atoms with E-state index in [4.69, 9.17) is 9.47 Å². The molecule has 0 atom stereocenters. The zero-order chi connectivity index (χ0) is 19.4. The average Bonchev–Trinajstić information content (AvgIpc) is 2.83. The highest BCUT2D eigenvalue weighted by molar-refractivity contribution is 8.18. The summed E-state index contributed by atoms with van der Waals surface area (Å²) >= 11 is 1.41. The molecule has 1 heterocycles. The van der Waals surface area contributed by atoms with Gasteiger partial charge in [-0.2, -0.15) is 0 Å². The first-order valence-electron chi connectivity index (χ1n) is 8.89. The Morgan fingerprint density at radius 2 is 1.85 bits per heavy atom. The van der Waals surface area contributed by atoms with Crippen molar-refractivity contribution in [3.8, 4) is 11.5 Å². The van der Waals surface area contributed by atoms with E-state index in [1.807, 2.05) is 65.8 Å². The molecule has 1 amide bonds. The lowest BCUT2D eigenvalue weighted by Gasteiger charge is -2.20. The number of nitrogens with zero attached hydrogens (tertiary/aromatic N) is 2. The SMILES string of the molecule is COc1cccc(/C=C2/SC(=NC(C)C)N(C(C)C)C2=O)c1OC(C)C. The van der Waals surface area contributed by atoms with Crippen molar-refractivity contribution in [2.75, 3.05) is 7.11 Å². The second-order valence-corrected chi connectivity index (χ2v) is 7.94. The second kappa shape index (κ2) is 8.62. The van der Waals surface area contributed by atoms with Crippen LogP contribution in [0.5, 0.6) is 11.5 Å². The normalized spacial score (nSPS) is 18.1. The number of amidine groups is 1. The van der Waals surface area contributed by atoms with Gasteiger partial charge in [0.25, 0.3) is 5.91 Å². The summed E-state index contributed by atoms with van der Waals surface area (Å²) in [5, 5.41) is 0.750. The summed E-state index contributed by atoms with van der Waals surface area (Å²) in [4.78, 5) is 19.9. The molecule has 1 aliphatic heterocycles. The molecule has 1 aromatic carbocycles. The van der Waals surface area contributed by atoms with Crippen LogP contribution < -0.4 is 9.47 Å². The predicted octanol–water partition coefficient (Wildman–Crippen LogP) is 4.57. The predicted molar refractivity (Wildman–Crippen MR) is 109 cm³/mol. The van der Waals surface area contributed by atoms with Crippen LogP contribution in [0.15, 0.2) is 28.1 Å². The van der Waals surface area contributed by atoms with E-state index in [0.29, 0.717) is 16.4 Å². The van der Waals surface area contributed by atoms with Crippen LogP contribution in [0, 0.1) is 0 Å². The van der Waals surface area contributed by atoms with E-state index in [0.717, 1.165) is 10.7 Å². The molecule has 0 aromatic heterocycles. The zero-order valence-corrected chi connectivity index (χ0v) is 17.4. The molecule has 5 nitrogen and oxygen atoms in total. The summed E-state index contributed by atoms with van der Waals surface area (Å²) in [7, 11) is 1.61. The number of carbonyl (C=O) groups excluding carboxylic acids is 1. The molecule has 0 spiro atoms. The first-order valence-corrected chi connectivity index (χ1v) is 9.70. The number of carbonyl (C=O) groups is 1. The molecule has 1 saturated heterocycles. The van der Waals surface area contributed by atoms with Crippen LogP contribution >= 0.6 is 11.8 Å². The van der Waals surface area contributed by atoms with Crippen molar-refractivity contribution in [2.24, 2.45) is 4.99 Å². The van der Waals surface area contributed by atoms with Gasteiger partial charge in [0.1, 0.15) is 0 Å². The van der Waals surface area contributed by atoms with Crippen LogP contribution in [0.2, 0.25) is 0 Å². The smallest absolute Gasteiger partial charge is 0.266 e. The molecule has 1 aliphatic rings. The fourth-order valence-electron chi connectivity index (χ4n) is 2.56. The summed E-state index contributed by atoms with van der Waals surface area (Å²) in [5.41, 5.74) is 0.823. The third-order valence-corrected chi connectivity index (χ3v) is 4.59. The molecule has 0 aliphatic carbocycles. The zero-order valence-electron chi connectivity index (χ0n) is 16.6. The Labute approximate surface area is 160 Å². The summed E-state index contributed by atoms with van der Waals surface area (Å²) in [6.45, 7) is 11.9. The molecule has 0 unspecified atom stereocenters. The van der Waals surface area contributed by atoms with Crippen molar-refractivity contribution in [3.63, 3.8) is 0 Å². The quantitative estimate of drug-likeness (QED) is 0.682. The van der Waals surface area contributed by atoms with E-state index in [1.54, 1.807) is 12.0 Å². The van der Waals surface area contributed by atoms with Gasteiger partial charge in [-0.05, 0) is 65.4 Å². The largest absolute Gasteiger partial charge is 0.493 e. The minimum atomic E-state index is -0.0253. The minimum Gasteiger partial charge on any atom is -0.493 e. The van der Waals surface area contributed by atoms with E-state index in [-0.39, 0.29) is 24.1 Å². The maximum atomic E-state index is 12.9. The first-order chi connectivity index (χ1) is 12.2. The van der Waals surface area contributed by atoms with Crippen LogP contribution in [0.25, 0.3) is 6.08 Å². The van der Waals surface area contributed by atoms with E-state index >= 15 is 0 Å². The van der Waals surface area contributed by atoms with Gasteiger partial charge in [-0.1, -0.05) is 12.1 Å². The number of thioether (sulfide) groups is 1. The molecule has 26 heavy (non-hydrogen) atoms. The molecular weight excluding hydrogens is 348 g/mol. The number of hydrogen-bond acceptors (Lipinski definition) is 5. The first kappa shape index (κ1) is 20.4. The van der Waals surface area contributed by atoms with Gasteiger partial charge in [-0.15, -0.1) is 0 Å². The van der Waals surface area contributed by atoms with Crippen molar-refractivity contribution in [2.45, 2.75) is 59.7 Å². The van der Waals surface area contributed by atoms with E-state index < -0.39 is 0 Å². The van der Waals surface area contributed by atoms with Crippen molar-refractivity contribution >= 4 is 28.9 Å². The van der Waals surface area contributed by atoms with E-state index in [1.165, 1.54) is 11.8 Å². The third-order valence-electron chi connectivity index (χ3n) is 3.59. The second-order valence-electron chi connectivity index (χ2n) is 6.93. The fraction of sp³-hybridized carbons (Fsp3) is 0.500. The van der Waals surface area contributed by atoms with Crippen molar-refractivity contribution in [1.82, 2.24) is 4.90 Å². The summed E-state index contributed by atoms with van der Waals surface area (Å²) in [5.74, 6) is 1.28. The standard InChI is InChI=1S/C20H28N2O3S/c1-12(2)21-20-22(13(3)4)19(23)17(26-20)11-15-9-8-10-16(24-7)18(15)25-14(5)6/h8-14H,1-7H3/b17-11+,21-20?. The maximum absolute atomic E-state index is 12.9. The molecule has 142 valence electrons. The number of amides is 1. The third kappa shape index (κ3) is 4.61. The van der Waals surface area contributed by atoms with Crippen molar-refractivity contribution in [1.29, 1.82) is 0 Å². The van der Waals surface area contributed by atoms with Crippen LogP contribution in [0.3, 0.4) is 0 Å². The Hall–Kier alpha value is -1.95. The number of ether oxygens (including phenoxy) is 2. The number of para-hydroxylation sites is 1. The Bertz CT molecular complexity index is 724. The highest BCUT2D eigenvalue weighted by Crippen LogP contribution is 2.38. The maximum Gasteiger partial charge on any atom is 0.266 e. The van der Waals surface area contributed by atoms with Gasteiger partial charge >= 0.3 is 0 Å². The van der Waals surface area contributed by atoms with Crippen LogP contribution in [-0.2, 0) is 4.79 Å². The summed E-state index contributed by atoms with van der Waals surface area (Å²) < 4.78 is 11.4. The molecule has 0 bridgehead atoms. The minimum absolute atomic E-state index is 0.000564. The van der Waals surface area contributed by atoms with E-state index in [2.05, 4.69) is 4.99 Å². The number of benzene rings is 1. The lowest BCUT2D eigenvalue weighted by Crippen LogP contribution is -2.35. The van der Waals surface area contributed by atoms with Crippen LogP contribution in [-0.4, -0.2) is 41.3 Å². The highest BCUT2D eigenvalue weighted by atomic mass is 32.2. The lowest BCUT2D eigenvalue weighted by molar-refractivity contribution is -0.123. The molecule has 6 heteroatoms. The van der Waals surface area contributed by atoms with E-state index in [9.17, 15) is 4.79 Å². The fourth-order valence-corrected chi connectivity index (χ4v) is 3.79. The molecule has 0 N–H and O–H groups in total. The number of methoxy groups -OCH3 is 1. The van der Waals surface area contributed by atoms with Crippen LogP contribution in [0.1, 0.15) is 47.1 Å². The Morgan fingerprint density at radius 1 is 1.15 bits per heavy atom. The highest BCUT2D eigenvalue weighted by Gasteiger charge is 2.35. The number of hydrogen-bond donors (Lipinski definition) is 0. The van der Waals surface area contributed by atoms with Crippen molar-refractivity contribution < 1.29 is 14.3 Å². The Morgan fingerprint density at radius 3 is 2.38 bits per heavy atom. The monoisotopic (exact) mass is 376 g/mol. The molecule has 1 aromatic rings. The Kier molecular flexibility index (Phi) is 6.75. The Balaban J connectivity index is 2.48. The average molecular weight is 377 g/mol. The molecule has 2 rings (SSSR count). The number of aliphatic imine (C=N–C) groups is 1. The van der Waals surface area contributed by atoms with Gasteiger partial charge in [0, 0.05) is 17.6 Å².